The normalized spacial score (nSPS) is 10.7. The Balaban J connectivity index is 1.68. The zero-order chi connectivity index (χ0) is 20.2. The summed E-state index contributed by atoms with van der Waals surface area (Å²) in [5.74, 6) is -0.890. The molecule has 0 saturated heterocycles. The molecule has 0 spiro atoms. The first-order valence-electron chi connectivity index (χ1n) is 9.05. The van der Waals surface area contributed by atoms with Crippen molar-refractivity contribution < 1.29 is 9.18 Å². The lowest BCUT2D eigenvalue weighted by molar-refractivity contribution is 0.102. The molecule has 4 nitrogen and oxygen atoms in total. The number of imidazole rings is 1. The van der Waals surface area contributed by atoms with Crippen LogP contribution in [0.25, 0.3) is 11.3 Å². The highest BCUT2D eigenvalue weighted by Crippen LogP contribution is 2.27. The SMILES string of the molecule is O=C(Nc1nc(-c2ccc(Cl)cc2)c(Cc2ccccc2)[nH]1)c1ccccc1F. The van der Waals surface area contributed by atoms with Crippen LogP contribution in [0.2, 0.25) is 5.02 Å². The number of hydrogen-bond donors (Lipinski definition) is 2. The molecule has 0 bridgehead atoms. The van der Waals surface area contributed by atoms with Crippen molar-refractivity contribution in [3.05, 3.63) is 107 Å². The molecular weight excluding hydrogens is 389 g/mol. The summed E-state index contributed by atoms with van der Waals surface area (Å²) in [4.78, 5) is 20.2. The lowest BCUT2D eigenvalue weighted by atomic mass is 10.0. The van der Waals surface area contributed by atoms with Crippen LogP contribution >= 0.6 is 11.6 Å². The first-order chi connectivity index (χ1) is 14.1. The van der Waals surface area contributed by atoms with Crippen LogP contribution in [0.3, 0.4) is 0 Å². The Hall–Kier alpha value is -3.44. The van der Waals surface area contributed by atoms with Gasteiger partial charge in [0.15, 0.2) is 0 Å². The van der Waals surface area contributed by atoms with Gasteiger partial charge in [0.25, 0.3) is 5.91 Å². The third-order valence-electron chi connectivity index (χ3n) is 4.47. The van der Waals surface area contributed by atoms with Crippen LogP contribution in [-0.2, 0) is 6.42 Å². The van der Waals surface area contributed by atoms with Gasteiger partial charge in [0.2, 0.25) is 5.95 Å². The Morgan fingerprint density at radius 3 is 2.38 bits per heavy atom. The van der Waals surface area contributed by atoms with E-state index in [4.69, 9.17) is 11.6 Å². The van der Waals surface area contributed by atoms with Crippen LogP contribution in [0, 0.1) is 5.82 Å². The predicted molar refractivity (Wildman–Crippen MR) is 113 cm³/mol. The zero-order valence-corrected chi connectivity index (χ0v) is 16.1. The minimum Gasteiger partial charge on any atom is -0.327 e. The fraction of sp³-hybridized carbons (Fsp3) is 0.0435. The Morgan fingerprint density at radius 1 is 0.966 bits per heavy atom. The van der Waals surface area contributed by atoms with Crippen LogP contribution in [0.5, 0.6) is 0 Å². The van der Waals surface area contributed by atoms with Crippen molar-refractivity contribution >= 4 is 23.5 Å². The molecule has 1 heterocycles. The topological polar surface area (TPSA) is 57.8 Å². The van der Waals surface area contributed by atoms with Crippen LogP contribution in [0.1, 0.15) is 21.6 Å². The minimum absolute atomic E-state index is 0.0402. The highest BCUT2D eigenvalue weighted by molar-refractivity contribution is 6.30. The second-order valence-corrected chi connectivity index (χ2v) is 6.95. The number of rotatable bonds is 5. The van der Waals surface area contributed by atoms with Gasteiger partial charge in [-0.1, -0.05) is 66.2 Å². The Labute approximate surface area is 172 Å². The summed E-state index contributed by atoms with van der Waals surface area (Å²) < 4.78 is 13.9. The summed E-state index contributed by atoms with van der Waals surface area (Å²) in [6.45, 7) is 0. The maximum atomic E-state index is 13.9. The van der Waals surface area contributed by atoms with Gasteiger partial charge < -0.3 is 4.98 Å². The van der Waals surface area contributed by atoms with E-state index in [9.17, 15) is 9.18 Å². The van der Waals surface area contributed by atoms with Crippen LogP contribution < -0.4 is 5.32 Å². The van der Waals surface area contributed by atoms with Gasteiger partial charge in [-0.3, -0.25) is 10.1 Å². The van der Waals surface area contributed by atoms with Crippen LogP contribution in [0.15, 0.2) is 78.9 Å². The van der Waals surface area contributed by atoms with Crippen LogP contribution in [-0.4, -0.2) is 15.9 Å². The average Bonchev–Trinajstić information content (AvgIpc) is 3.11. The van der Waals surface area contributed by atoms with Crippen molar-refractivity contribution in [2.24, 2.45) is 0 Å². The summed E-state index contributed by atoms with van der Waals surface area (Å²) in [5.41, 5.74) is 3.46. The molecule has 29 heavy (non-hydrogen) atoms. The van der Waals surface area contributed by atoms with Gasteiger partial charge in [0, 0.05) is 22.7 Å². The Morgan fingerprint density at radius 2 is 1.66 bits per heavy atom. The standard InChI is InChI=1S/C23H17ClFN3O/c24-17-12-10-16(11-13-17)21-20(14-15-6-2-1-3-7-15)26-23(27-21)28-22(29)18-8-4-5-9-19(18)25/h1-13H,14H2,(H2,26,27,28,29). The number of halogens is 2. The van der Waals surface area contributed by atoms with E-state index >= 15 is 0 Å². The highest BCUT2D eigenvalue weighted by atomic mass is 35.5. The molecule has 1 aromatic heterocycles. The third kappa shape index (κ3) is 4.36. The number of anilines is 1. The molecule has 1 amide bonds. The molecule has 0 radical (unpaired) electrons. The maximum Gasteiger partial charge on any atom is 0.260 e. The highest BCUT2D eigenvalue weighted by Gasteiger charge is 2.17. The molecule has 0 unspecified atom stereocenters. The number of nitrogens with one attached hydrogen (secondary N) is 2. The second-order valence-electron chi connectivity index (χ2n) is 6.52. The van der Waals surface area contributed by atoms with E-state index in [0.29, 0.717) is 17.1 Å². The summed E-state index contributed by atoms with van der Waals surface area (Å²) in [7, 11) is 0. The van der Waals surface area contributed by atoms with Gasteiger partial charge in [0.05, 0.1) is 11.3 Å². The fourth-order valence-corrected chi connectivity index (χ4v) is 3.19. The van der Waals surface area contributed by atoms with E-state index < -0.39 is 11.7 Å². The van der Waals surface area contributed by atoms with Gasteiger partial charge in [-0.25, -0.2) is 9.37 Å². The number of carbonyl (C=O) groups is 1. The van der Waals surface area contributed by atoms with Gasteiger partial charge in [-0.05, 0) is 29.8 Å². The van der Waals surface area contributed by atoms with Gasteiger partial charge >= 0.3 is 0 Å². The van der Waals surface area contributed by atoms with Crippen molar-refractivity contribution in [2.45, 2.75) is 6.42 Å². The smallest absolute Gasteiger partial charge is 0.260 e. The zero-order valence-electron chi connectivity index (χ0n) is 15.3. The minimum atomic E-state index is -0.584. The molecule has 0 aliphatic heterocycles. The van der Waals surface area contributed by atoms with Crippen molar-refractivity contribution in [1.82, 2.24) is 9.97 Å². The summed E-state index contributed by atoms with van der Waals surface area (Å²) in [6.07, 6.45) is 0.599. The van der Waals surface area contributed by atoms with E-state index in [1.807, 2.05) is 42.5 Å². The number of benzene rings is 3. The lowest BCUT2D eigenvalue weighted by Crippen LogP contribution is -2.14. The molecule has 0 aliphatic carbocycles. The average molecular weight is 406 g/mol. The predicted octanol–water partition coefficient (Wildman–Crippen LogP) is 5.71. The van der Waals surface area contributed by atoms with Gasteiger partial charge in [0.1, 0.15) is 5.82 Å². The van der Waals surface area contributed by atoms with E-state index in [-0.39, 0.29) is 11.5 Å². The molecule has 0 atom stereocenters. The molecule has 2 N–H and O–H groups in total. The molecule has 0 fully saturated rings. The van der Waals surface area contributed by atoms with E-state index in [2.05, 4.69) is 15.3 Å². The quantitative estimate of drug-likeness (QED) is 0.446. The van der Waals surface area contributed by atoms with Crippen molar-refractivity contribution in [3.8, 4) is 11.3 Å². The molecular formula is C23H17ClFN3O. The second kappa shape index (κ2) is 8.29. The third-order valence-corrected chi connectivity index (χ3v) is 4.72. The molecule has 144 valence electrons. The lowest BCUT2D eigenvalue weighted by Gasteiger charge is -2.03. The molecule has 4 rings (SSSR count). The summed E-state index contributed by atoms with van der Waals surface area (Å²) in [5, 5.41) is 3.28. The van der Waals surface area contributed by atoms with E-state index in [1.54, 1.807) is 18.2 Å². The van der Waals surface area contributed by atoms with Gasteiger partial charge in [-0.2, -0.15) is 0 Å². The van der Waals surface area contributed by atoms with Crippen molar-refractivity contribution in [1.29, 1.82) is 0 Å². The summed E-state index contributed by atoms with van der Waals surface area (Å²) in [6, 6.07) is 23.1. The number of aromatic nitrogens is 2. The number of H-pyrrole nitrogens is 1. The number of amides is 1. The summed E-state index contributed by atoms with van der Waals surface area (Å²) >= 11 is 6.00. The largest absolute Gasteiger partial charge is 0.327 e. The first kappa shape index (κ1) is 18.9. The van der Waals surface area contributed by atoms with Crippen molar-refractivity contribution in [3.63, 3.8) is 0 Å². The van der Waals surface area contributed by atoms with Crippen molar-refractivity contribution in [2.75, 3.05) is 5.32 Å². The number of hydrogen-bond acceptors (Lipinski definition) is 2. The van der Waals surface area contributed by atoms with Crippen LogP contribution in [0.4, 0.5) is 10.3 Å². The monoisotopic (exact) mass is 405 g/mol. The first-order valence-corrected chi connectivity index (χ1v) is 9.42. The molecule has 0 saturated carbocycles. The Kier molecular flexibility index (Phi) is 5.40. The van der Waals surface area contributed by atoms with Gasteiger partial charge in [-0.15, -0.1) is 0 Å². The molecule has 0 aliphatic rings. The molecule has 6 heteroatoms. The maximum absolute atomic E-state index is 13.9. The molecule has 3 aromatic carbocycles. The van der Waals surface area contributed by atoms with E-state index in [0.717, 1.165) is 16.8 Å². The number of aromatic amines is 1. The van der Waals surface area contributed by atoms with E-state index in [1.165, 1.54) is 18.2 Å². The fourth-order valence-electron chi connectivity index (χ4n) is 3.06. The number of nitrogens with zero attached hydrogens (tertiary/aromatic N) is 1. The Bertz CT molecular complexity index is 1140. The number of carbonyl (C=O) groups excluding carboxylic acids is 1. The molecule has 4 aromatic rings.